The summed E-state index contributed by atoms with van der Waals surface area (Å²) in [4.78, 5) is 24.3. The van der Waals surface area contributed by atoms with Gasteiger partial charge < -0.3 is 16.4 Å². The highest BCUT2D eigenvalue weighted by Gasteiger charge is 2.34. The Labute approximate surface area is 166 Å². The Kier molecular flexibility index (Phi) is 6.34. The van der Waals surface area contributed by atoms with E-state index >= 15 is 0 Å². The number of hydrogen-bond acceptors (Lipinski definition) is 2. The molecule has 1 saturated carbocycles. The van der Waals surface area contributed by atoms with Crippen LogP contribution in [0, 0.1) is 5.92 Å². The minimum absolute atomic E-state index is 0.0435. The predicted octanol–water partition coefficient (Wildman–Crippen LogP) is 3.85. The first-order valence-corrected chi connectivity index (χ1v) is 9.97. The van der Waals surface area contributed by atoms with Crippen LogP contribution >= 0.6 is 0 Å². The molecule has 0 saturated heterocycles. The lowest BCUT2D eigenvalue weighted by Gasteiger charge is -2.25. The van der Waals surface area contributed by atoms with Gasteiger partial charge >= 0.3 is 6.03 Å². The van der Waals surface area contributed by atoms with Gasteiger partial charge in [-0.2, -0.15) is 0 Å². The van der Waals surface area contributed by atoms with E-state index in [1.54, 1.807) is 0 Å². The molecule has 2 aromatic rings. The highest BCUT2D eigenvalue weighted by atomic mass is 16.2. The van der Waals surface area contributed by atoms with Crippen molar-refractivity contribution < 1.29 is 9.59 Å². The van der Waals surface area contributed by atoms with Crippen LogP contribution in [0.5, 0.6) is 0 Å². The molecule has 4 N–H and O–H groups in total. The van der Waals surface area contributed by atoms with Gasteiger partial charge in [-0.05, 0) is 35.4 Å². The Morgan fingerprint density at radius 2 is 1.54 bits per heavy atom. The topological polar surface area (TPSA) is 84.2 Å². The van der Waals surface area contributed by atoms with E-state index < -0.39 is 6.03 Å². The van der Waals surface area contributed by atoms with Gasteiger partial charge in [-0.3, -0.25) is 4.79 Å². The fraction of sp³-hybridized carbons (Fsp3) is 0.391. The van der Waals surface area contributed by atoms with Crippen LogP contribution < -0.4 is 16.4 Å². The lowest BCUT2D eigenvalue weighted by atomic mass is 9.94. The molecule has 2 aromatic carbocycles. The molecular formula is C23H29N3O2. The molecule has 28 heavy (non-hydrogen) atoms. The van der Waals surface area contributed by atoms with E-state index in [0.29, 0.717) is 5.92 Å². The van der Waals surface area contributed by atoms with E-state index in [4.69, 9.17) is 5.73 Å². The van der Waals surface area contributed by atoms with Crippen molar-refractivity contribution in [3.63, 3.8) is 0 Å². The molecule has 0 aromatic heterocycles. The highest BCUT2D eigenvalue weighted by molar-refractivity contribution is 5.82. The molecule has 0 bridgehead atoms. The molecule has 0 spiro atoms. The molecule has 1 aliphatic carbocycles. The summed E-state index contributed by atoms with van der Waals surface area (Å²) >= 11 is 0. The van der Waals surface area contributed by atoms with E-state index in [1.165, 1.54) is 5.56 Å². The molecule has 5 heteroatoms. The third kappa shape index (κ3) is 4.71. The van der Waals surface area contributed by atoms with Crippen LogP contribution in [0.1, 0.15) is 61.8 Å². The highest BCUT2D eigenvalue weighted by Crippen LogP contribution is 2.29. The maximum Gasteiger partial charge on any atom is 0.312 e. The van der Waals surface area contributed by atoms with Gasteiger partial charge in [0.2, 0.25) is 5.91 Å². The van der Waals surface area contributed by atoms with Crippen molar-refractivity contribution in [2.24, 2.45) is 11.7 Å². The van der Waals surface area contributed by atoms with Gasteiger partial charge in [0.05, 0.1) is 12.0 Å². The number of benzene rings is 2. The number of urea groups is 1. The Hall–Kier alpha value is -2.82. The number of amides is 3. The number of primary amides is 1. The van der Waals surface area contributed by atoms with Crippen LogP contribution in [-0.2, 0) is 4.79 Å². The summed E-state index contributed by atoms with van der Waals surface area (Å²) < 4.78 is 0. The Balaban J connectivity index is 1.83. The van der Waals surface area contributed by atoms with Crippen LogP contribution in [0.25, 0.3) is 0 Å². The van der Waals surface area contributed by atoms with E-state index in [9.17, 15) is 9.59 Å². The molecule has 0 unspecified atom stereocenters. The smallest absolute Gasteiger partial charge is 0.312 e. The molecule has 1 aliphatic rings. The second kappa shape index (κ2) is 8.91. The standard InChI is InChI=1S/C23H29N3O2/c1-15(2)16-11-13-18(14-12-16)21(17-7-4-3-5-8-17)26-22(27)19-9-6-10-20(19)25-23(24)28/h3-5,7-8,11-15,19-21H,6,9-10H2,1-2H3,(H,26,27)(H3,24,25,28)/t19-,20+,21+/m1/s1. The first kappa shape index (κ1) is 19.9. The summed E-state index contributed by atoms with van der Waals surface area (Å²) in [5, 5.41) is 5.94. The minimum atomic E-state index is -0.575. The second-order valence-corrected chi connectivity index (χ2v) is 7.83. The zero-order valence-electron chi connectivity index (χ0n) is 16.5. The first-order chi connectivity index (χ1) is 13.5. The number of nitrogens with two attached hydrogens (primary N) is 1. The van der Waals surface area contributed by atoms with Crippen LogP contribution in [-0.4, -0.2) is 18.0 Å². The summed E-state index contributed by atoms with van der Waals surface area (Å²) in [6.45, 7) is 4.33. The number of carbonyl (C=O) groups excluding carboxylic acids is 2. The quantitative estimate of drug-likeness (QED) is 0.712. The molecule has 3 atom stereocenters. The monoisotopic (exact) mass is 379 g/mol. The summed E-state index contributed by atoms with van der Waals surface area (Å²) in [6.07, 6.45) is 2.44. The van der Waals surface area contributed by atoms with Gasteiger partial charge in [0.15, 0.2) is 0 Å². The van der Waals surface area contributed by atoms with Crippen molar-refractivity contribution in [2.75, 3.05) is 0 Å². The van der Waals surface area contributed by atoms with Gasteiger partial charge in [-0.1, -0.05) is 74.9 Å². The van der Waals surface area contributed by atoms with Gasteiger partial charge in [0, 0.05) is 6.04 Å². The van der Waals surface area contributed by atoms with Crippen molar-refractivity contribution in [2.45, 2.75) is 51.1 Å². The number of hydrogen-bond donors (Lipinski definition) is 3. The lowest BCUT2D eigenvalue weighted by Crippen LogP contribution is -2.46. The van der Waals surface area contributed by atoms with Crippen molar-refractivity contribution in [1.82, 2.24) is 10.6 Å². The molecular weight excluding hydrogens is 350 g/mol. The average Bonchev–Trinajstić information content (AvgIpc) is 3.14. The number of nitrogens with one attached hydrogen (secondary N) is 2. The van der Waals surface area contributed by atoms with Gasteiger partial charge in [0.1, 0.15) is 0 Å². The van der Waals surface area contributed by atoms with Crippen LogP contribution in [0.3, 0.4) is 0 Å². The van der Waals surface area contributed by atoms with Gasteiger partial charge in [0.25, 0.3) is 0 Å². The first-order valence-electron chi connectivity index (χ1n) is 9.97. The summed E-state index contributed by atoms with van der Waals surface area (Å²) in [6, 6.07) is 17.4. The minimum Gasteiger partial charge on any atom is -0.352 e. The molecule has 1 fully saturated rings. The Bertz CT molecular complexity index is 802. The van der Waals surface area contributed by atoms with Gasteiger partial charge in [-0.15, -0.1) is 0 Å². The predicted molar refractivity (Wildman–Crippen MR) is 111 cm³/mol. The van der Waals surface area contributed by atoms with Crippen LogP contribution in [0.2, 0.25) is 0 Å². The zero-order valence-corrected chi connectivity index (χ0v) is 16.5. The van der Waals surface area contributed by atoms with E-state index in [1.807, 2.05) is 30.3 Å². The maximum atomic E-state index is 13.1. The van der Waals surface area contributed by atoms with Crippen molar-refractivity contribution in [3.8, 4) is 0 Å². The Morgan fingerprint density at radius 1 is 0.929 bits per heavy atom. The Morgan fingerprint density at radius 3 is 2.14 bits per heavy atom. The zero-order chi connectivity index (χ0) is 20.1. The molecule has 148 valence electrons. The summed E-state index contributed by atoms with van der Waals surface area (Å²) in [5.74, 6) is 0.157. The van der Waals surface area contributed by atoms with Crippen molar-refractivity contribution >= 4 is 11.9 Å². The largest absolute Gasteiger partial charge is 0.352 e. The summed E-state index contributed by atoms with van der Waals surface area (Å²) in [5.41, 5.74) is 8.62. The molecule has 3 rings (SSSR count). The average molecular weight is 380 g/mol. The second-order valence-electron chi connectivity index (χ2n) is 7.83. The van der Waals surface area contributed by atoms with E-state index in [2.05, 4.69) is 48.7 Å². The fourth-order valence-electron chi connectivity index (χ4n) is 3.96. The normalized spacial score (nSPS) is 20.0. The SMILES string of the molecule is CC(C)c1ccc([C@@H](NC(=O)[C@@H]2CCC[C@@H]2NC(N)=O)c2ccccc2)cc1. The van der Waals surface area contributed by atoms with Gasteiger partial charge in [-0.25, -0.2) is 4.79 Å². The fourth-order valence-corrected chi connectivity index (χ4v) is 3.96. The van der Waals surface area contributed by atoms with Crippen molar-refractivity contribution in [1.29, 1.82) is 0 Å². The molecule has 0 radical (unpaired) electrons. The number of carbonyl (C=O) groups is 2. The third-order valence-electron chi connectivity index (χ3n) is 5.54. The molecule has 3 amide bonds. The molecule has 0 aliphatic heterocycles. The number of rotatable bonds is 6. The lowest BCUT2D eigenvalue weighted by molar-refractivity contribution is -0.125. The van der Waals surface area contributed by atoms with Crippen LogP contribution in [0.15, 0.2) is 54.6 Å². The molecule has 0 heterocycles. The maximum absolute atomic E-state index is 13.1. The molecule has 5 nitrogen and oxygen atoms in total. The van der Waals surface area contributed by atoms with Crippen LogP contribution in [0.4, 0.5) is 4.79 Å². The third-order valence-corrected chi connectivity index (χ3v) is 5.54. The van der Waals surface area contributed by atoms with E-state index in [0.717, 1.165) is 30.4 Å². The van der Waals surface area contributed by atoms with E-state index in [-0.39, 0.29) is 23.9 Å². The van der Waals surface area contributed by atoms with Crippen molar-refractivity contribution in [3.05, 3.63) is 71.3 Å². The summed E-state index contributed by atoms with van der Waals surface area (Å²) in [7, 11) is 0.